The molecule has 122 valence electrons. The lowest BCUT2D eigenvalue weighted by atomic mass is 10.1. The molecule has 0 aliphatic rings. The molecule has 1 heterocycles. The number of benzene rings is 1. The minimum atomic E-state index is -0.489. The van der Waals surface area contributed by atoms with Gasteiger partial charge in [0.2, 0.25) is 0 Å². The highest BCUT2D eigenvalue weighted by Crippen LogP contribution is 2.29. The Balaban J connectivity index is 2.05. The SMILES string of the molecule is Cc1ccc([N+](=O)[O-])c(NC(=O)C[NH2+][C@H](C)c2ccco2)c1C. The minimum absolute atomic E-state index is 0.00987. The van der Waals surface area contributed by atoms with E-state index in [0.29, 0.717) is 5.56 Å². The van der Waals surface area contributed by atoms with E-state index in [2.05, 4.69) is 5.32 Å². The highest BCUT2D eigenvalue weighted by atomic mass is 16.6. The third-order valence-electron chi connectivity index (χ3n) is 3.82. The number of amides is 1. The number of anilines is 1. The lowest BCUT2D eigenvalue weighted by Crippen LogP contribution is -2.86. The summed E-state index contributed by atoms with van der Waals surface area (Å²) in [5.41, 5.74) is 1.75. The number of nitro groups is 1. The molecule has 1 aromatic heterocycles. The van der Waals surface area contributed by atoms with Gasteiger partial charge in [0.1, 0.15) is 11.7 Å². The van der Waals surface area contributed by atoms with E-state index in [-0.39, 0.29) is 29.9 Å². The third kappa shape index (κ3) is 3.95. The van der Waals surface area contributed by atoms with E-state index < -0.39 is 4.92 Å². The number of hydrogen-bond donors (Lipinski definition) is 2. The van der Waals surface area contributed by atoms with E-state index in [1.54, 1.807) is 25.3 Å². The number of nitrogens with zero attached hydrogens (tertiary/aromatic N) is 1. The summed E-state index contributed by atoms with van der Waals surface area (Å²) >= 11 is 0. The normalized spacial score (nSPS) is 12.0. The molecular weight excluding hydrogens is 298 g/mol. The first-order valence-corrected chi connectivity index (χ1v) is 7.31. The van der Waals surface area contributed by atoms with Gasteiger partial charge in [0.05, 0.1) is 11.2 Å². The van der Waals surface area contributed by atoms with Crippen LogP contribution in [0.15, 0.2) is 34.9 Å². The molecule has 1 amide bonds. The van der Waals surface area contributed by atoms with Gasteiger partial charge in [0, 0.05) is 6.07 Å². The molecule has 3 N–H and O–H groups in total. The Hall–Kier alpha value is -2.67. The van der Waals surface area contributed by atoms with Gasteiger partial charge in [-0.3, -0.25) is 14.9 Å². The Morgan fingerprint density at radius 3 is 2.74 bits per heavy atom. The molecule has 0 bridgehead atoms. The molecule has 0 saturated carbocycles. The fourth-order valence-electron chi connectivity index (χ4n) is 2.25. The molecule has 23 heavy (non-hydrogen) atoms. The fraction of sp³-hybridized carbons (Fsp3) is 0.312. The third-order valence-corrected chi connectivity index (χ3v) is 3.82. The van der Waals surface area contributed by atoms with Crippen LogP contribution in [0.3, 0.4) is 0 Å². The van der Waals surface area contributed by atoms with Crippen LogP contribution in [0.25, 0.3) is 0 Å². The maximum absolute atomic E-state index is 12.1. The monoisotopic (exact) mass is 318 g/mol. The smallest absolute Gasteiger partial charge is 0.293 e. The van der Waals surface area contributed by atoms with Crippen molar-refractivity contribution in [2.75, 3.05) is 11.9 Å². The van der Waals surface area contributed by atoms with Gasteiger partial charge in [-0.1, -0.05) is 6.07 Å². The van der Waals surface area contributed by atoms with E-state index >= 15 is 0 Å². The zero-order chi connectivity index (χ0) is 17.0. The number of quaternary nitrogens is 1. The zero-order valence-electron chi connectivity index (χ0n) is 13.3. The van der Waals surface area contributed by atoms with E-state index in [1.165, 1.54) is 6.07 Å². The molecular formula is C16H20N3O4+. The second kappa shape index (κ2) is 7.06. The molecule has 0 fully saturated rings. The van der Waals surface area contributed by atoms with Crippen LogP contribution < -0.4 is 10.6 Å². The number of carbonyl (C=O) groups is 1. The Kier molecular flexibility index (Phi) is 5.13. The molecule has 1 atom stereocenters. The van der Waals surface area contributed by atoms with Crippen LogP contribution in [-0.4, -0.2) is 17.4 Å². The van der Waals surface area contributed by atoms with Crippen LogP contribution in [0.5, 0.6) is 0 Å². The van der Waals surface area contributed by atoms with Crippen molar-refractivity contribution in [1.82, 2.24) is 0 Å². The van der Waals surface area contributed by atoms with Crippen molar-refractivity contribution in [3.63, 3.8) is 0 Å². The van der Waals surface area contributed by atoms with Crippen LogP contribution in [0.4, 0.5) is 11.4 Å². The molecule has 0 unspecified atom stereocenters. The van der Waals surface area contributed by atoms with Crippen LogP contribution in [0, 0.1) is 24.0 Å². The number of furan rings is 1. The molecule has 0 radical (unpaired) electrons. The number of aryl methyl sites for hydroxylation is 1. The molecule has 0 saturated heterocycles. The predicted octanol–water partition coefficient (Wildman–Crippen LogP) is 2.07. The summed E-state index contributed by atoms with van der Waals surface area (Å²) < 4.78 is 5.28. The average molecular weight is 318 g/mol. The topological polar surface area (TPSA) is 102 Å². The highest BCUT2D eigenvalue weighted by molar-refractivity contribution is 5.94. The molecule has 7 heteroatoms. The van der Waals surface area contributed by atoms with Gasteiger partial charge in [-0.15, -0.1) is 0 Å². The van der Waals surface area contributed by atoms with E-state index in [4.69, 9.17) is 4.42 Å². The van der Waals surface area contributed by atoms with Crippen molar-refractivity contribution in [3.05, 3.63) is 57.5 Å². The van der Waals surface area contributed by atoms with Crippen molar-refractivity contribution in [2.45, 2.75) is 26.8 Å². The van der Waals surface area contributed by atoms with Crippen LogP contribution in [-0.2, 0) is 4.79 Å². The Bertz CT molecular complexity index is 710. The number of nitrogens with two attached hydrogens (primary N) is 1. The summed E-state index contributed by atoms with van der Waals surface area (Å²) in [6.45, 7) is 5.67. The summed E-state index contributed by atoms with van der Waals surface area (Å²) in [5, 5.41) is 15.6. The fourth-order valence-corrected chi connectivity index (χ4v) is 2.25. The molecule has 7 nitrogen and oxygen atoms in total. The van der Waals surface area contributed by atoms with Crippen molar-refractivity contribution >= 4 is 17.3 Å². The quantitative estimate of drug-likeness (QED) is 0.628. The molecule has 2 rings (SSSR count). The zero-order valence-corrected chi connectivity index (χ0v) is 13.3. The Labute approximate surface area is 133 Å². The standard InChI is InChI=1S/C16H19N3O4/c1-10-6-7-13(19(21)22)16(11(10)2)18-15(20)9-17-12(3)14-5-4-8-23-14/h4-8,12,17H,9H2,1-3H3,(H,18,20)/p+1/t12-/m1/s1. The second-order valence-corrected chi connectivity index (χ2v) is 5.45. The largest absolute Gasteiger partial charge is 0.463 e. The summed E-state index contributed by atoms with van der Waals surface area (Å²) in [5.74, 6) is 0.482. The van der Waals surface area contributed by atoms with Gasteiger partial charge in [-0.05, 0) is 44.0 Å². The first-order valence-electron chi connectivity index (χ1n) is 7.31. The van der Waals surface area contributed by atoms with Crippen molar-refractivity contribution < 1.29 is 19.5 Å². The first-order chi connectivity index (χ1) is 10.9. The van der Waals surface area contributed by atoms with Crippen molar-refractivity contribution in [2.24, 2.45) is 0 Å². The van der Waals surface area contributed by atoms with Crippen LogP contribution in [0.2, 0.25) is 0 Å². The first kappa shape index (κ1) is 16.7. The van der Waals surface area contributed by atoms with Gasteiger partial charge in [-0.25, -0.2) is 0 Å². The number of hydrogen-bond acceptors (Lipinski definition) is 4. The maximum atomic E-state index is 12.1. The molecule has 0 aliphatic carbocycles. The number of rotatable bonds is 6. The lowest BCUT2D eigenvalue weighted by Gasteiger charge is -2.12. The summed E-state index contributed by atoms with van der Waals surface area (Å²) in [6, 6.07) is 6.71. The van der Waals surface area contributed by atoms with Gasteiger partial charge >= 0.3 is 0 Å². The lowest BCUT2D eigenvalue weighted by molar-refractivity contribution is -0.684. The predicted molar refractivity (Wildman–Crippen MR) is 85.1 cm³/mol. The van der Waals surface area contributed by atoms with E-state index in [0.717, 1.165) is 11.3 Å². The maximum Gasteiger partial charge on any atom is 0.293 e. The van der Waals surface area contributed by atoms with Gasteiger partial charge in [0.25, 0.3) is 11.6 Å². The number of carbonyl (C=O) groups excluding carboxylic acids is 1. The average Bonchev–Trinajstić information content (AvgIpc) is 3.03. The Morgan fingerprint density at radius 1 is 1.39 bits per heavy atom. The highest BCUT2D eigenvalue weighted by Gasteiger charge is 2.21. The second-order valence-electron chi connectivity index (χ2n) is 5.45. The van der Waals surface area contributed by atoms with Gasteiger partial charge in [-0.2, -0.15) is 0 Å². The Morgan fingerprint density at radius 2 is 2.13 bits per heavy atom. The van der Waals surface area contributed by atoms with Crippen molar-refractivity contribution in [1.29, 1.82) is 0 Å². The van der Waals surface area contributed by atoms with Crippen molar-refractivity contribution in [3.8, 4) is 0 Å². The van der Waals surface area contributed by atoms with E-state index in [1.807, 2.05) is 25.2 Å². The molecule has 0 spiro atoms. The summed E-state index contributed by atoms with van der Waals surface area (Å²) in [6.07, 6.45) is 1.58. The van der Waals surface area contributed by atoms with Crippen LogP contribution in [0.1, 0.15) is 29.9 Å². The molecule has 1 aromatic carbocycles. The summed E-state index contributed by atoms with van der Waals surface area (Å²) in [4.78, 5) is 22.8. The van der Waals surface area contributed by atoms with Crippen LogP contribution >= 0.6 is 0 Å². The van der Waals surface area contributed by atoms with Gasteiger partial charge in [0.15, 0.2) is 12.3 Å². The van der Waals surface area contributed by atoms with Gasteiger partial charge < -0.3 is 15.1 Å². The number of nitrogens with one attached hydrogen (secondary N) is 1. The molecule has 2 aromatic rings. The number of nitro benzene ring substituents is 1. The minimum Gasteiger partial charge on any atom is -0.463 e. The summed E-state index contributed by atoms with van der Waals surface area (Å²) in [7, 11) is 0. The molecule has 0 aliphatic heterocycles. The van der Waals surface area contributed by atoms with E-state index in [9.17, 15) is 14.9 Å².